The minimum atomic E-state index is -0.487. The zero-order chi connectivity index (χ0) is 21.8. The third kappa shape index (κ3) is 4.62. The summed E-state index contributed by atoms with van der Waals surface area (Å²) in [5.74, 6) is -0.724. The van der Waals surface area contributed by atoms with Crippen LogP contribution in [0.5, 0.6) is 0 Å². The van der Waals surface area contributed by atoms with Gasteiger partial charge in [0.1, 0.15) is 0 Å². The Kier molecular flexibility index (Phi) is 6.40. The van der Waals surface area contributed by atoms with E-state index in [9.17, 15) is 9.59 Å². The number of amides is 1. The lowest BCUT2D eigenvalue weighted by molar-refractivity contribution is -0.133. The number of aryl methyl sites for hydroxylation is 3. The maximum atomic E-state index is 12.6. The van der Waals surface area contributed by atoms with E-state index in [4.69, 9.17) is 4.74 Å². The third-order valence-corrected chi connectivity index (χ3v) is 5.36. The van der Waals surface area contributed by atoms with E-state index in [0.29, 0.717) is 12.1 Å². The number of likely N-dealkylation sites (N-methyl/N-ethyl adjacent to an activating group) is 1. The molecule has 0 aliphatic heterocycles. The fraction of sp³-hybridized carbons (Fsp3) is 0.280. The third-order valence-electron chi connectivity index (χ3n) is 5.36. The number of aromatic nitrogens is 1. The minimum Gasteiger partial charge on any atom is -0.452 e. The number of hydrogen-bond acceptors (Lipinski definition) is 3. The Morgan fingerprint density at radius 2 is 1.63 bits per heavy atom. The second kappa shape index (κ2) is 8.99. The van der Waals surface area contributed by atoms with Gasteiger partial charge in [-0.25, -0.2) is 4.79 Å². The Balaban J connectivity index is 1.66. The van der Waals surface area contributed by atoms with E-state index in [1.54, 1.807) is 18.0 Å². The molecule has 1 amide bonds. The summed E-state index contributed by atoms with van der Waals surface area (Å²) in [7, 11) is 1.71. The van der Waals surface area contributed by atoms with Crippen molar-refractivity contribution in [2.45, 2.75) is 34.2 Å². The molecule has 0 bridgehead atoms. The number of nitrogens with zero attached hydrogens (tertiary/aromatic N) is 2. The van der Waals surface area contributed by atoms with E-state index < -0.39 is 5.97 Å². The molecule has 0 atom stereocenters. The van der Waals surface area contributed by atoms with Gasteiger partial charge in [0.15, 0.2) is 6.61 Å². The van der Waals surface area contributed by atoms with Crippen LogP contribution in [-0.4, -0.2) is 35.0 Å². The average molecular weight is 405 g/mol. The van der Waals surface area contributed by atoms with Crippen molar-refractivity contribution in [2.75, 3.05) is 13.7 Å². The Morgan fingerprint density at radius 1 is 0.967 bits per heavy atom. The average Bonchev–Trinajstić information content (AvgIpc) is 3.02. The molecule has 0 aliphatic rings. The van der Waals surface area contributed by atoms with E-state index in [-0.39, 0.29) is 12.5 Å². The van der Waals surface area contributed by atoms with Crippen molar-refractivity contribution in [3.05, 3.63) is 88.2 Å². The topological polar surface area (TPSA) is 51.5 Å². The van der Waals surface area contributed by atoms with Crippen LogP contribution < -0.4 is 0 Å². The summed E-state index contributed by atoms with van der Waals surface area (Å²) in [5, 5.41) is 0. The first kappa shape index (κ1) is 21.4. The Bertz CT molecular complexity index is 1060. The van der Waals surface area contributed by atoms with Crippen LogP contribution in [0.15, 0.2) is 54.6 Å². The zero-order valence-electron chi connectivity index (χ0n) is 18.2. The van der Waals surface area contributed by atoms with E-state index in [2.05, 4.69) is 0 Å². The van der Waals surface area contributed by atoms with Gasteiger partial charge in [-0.05, 0) is 57.0 Å². The van der Waals surface area contributed by atoms with Gasteiger partial charge >= 0.3 is 5.97 Å². The van der Waals surface area contributed by atoms with Crippen molar-refractivity contribution in [1.82, 2.24) is 9.47 Å². The van der Waals surface area contributed by atoms with Crippen molar-refractivity contribution in [2.24, 2.45) is 0 Å². The van der Waals surface area contributed by atoms with Crippen LogP contribution in [0.25, 0.3) is 5.69 Å². The smallest absolute Gasteiger partial charge is 0.340 e. The number of benzene rings is 2. The van der Waals surface area contributed by atoms with Crippen LogP contribution >= 0.6 is 0 Å². The molecule has 3 rings (SSSR count). The molecule has 3 aromatic rings. The summed E-state index contributed by atoms with van der Waals surface area (Å²) in [6.45, 7) is 8.08. The number of rotatable bonds is 6. The summed E-state index contributed by atoms with van der Waals surface area (Å²) in [6, 6.07) is 17.8. The van der Waals surface area contributed by atoms with Gasteiger partial charge in [-0.3, -0.25) is 4.79 Å². The summed E-state index contributed by atoms with van der Waals surface area (Å²) in [6.07, 6.45) is 0. The number of hydrogen-bond donors (Lipinski definition) is 0. The number of ether oxygens (including phenoxy) is 1. The lowest BCUT2D eigenvalue weighted by Gasteiger charge is -2.18. The lowest BCUT2D eigenvalue weighted by atomic mass is 10.1. The quantitative estimate of drug-likeness (QED) is 0.568. The van der Waals surface area contributed by atoms with Crippen LogP contribution in [0.2, 0.25) is 0 Å². The Morgan fingerprint density at radius 3 is 2.30 bits per heavy atom. The Hall–Kier alpha value is -3.34. The summed E-state index contributed by atoms with van der Waals surface area (Å²) >= 11 is 0. The SMILES string of the molecule is Cc1ccc(-n2c(C)cc(C(=O)OCC(=O)N(C)Cc3ccccc3C)c2C)cc1. The van der Waals surface area contributed by atoms with Gasteiger partial charge in [-0.15, -0.1) is 0 Å². The fourth-order valence-electron chi connectivity index (χ4n) is 3.51. The molecule has 2 aromatic carbocycles. The van der Waals surface area contributed by atoms with Crippen LogP contribution in [0.4, 0.5) is 0 Å². The van der Waals surface area contributed by atoms with Crippen molar-refractivity contribution in [1.29, 1.82) is 0 Å². The van der Waals surface area contributed by atoms with Gasteiger partial charge in [0, 0.05) is 30.7 Å². The molecule has 0 unspecified atom stereocenters. The fourth-order valence-corrected chi connectivity index (χ4v) is 3.51. The monoisotopic (exact) mass is 404 g/mol. The van der Waals surface area contributed by atoms with Gasteiger partial charge in [0.05, 0.1) is 5.56 Å². The van der Waals surface area contributed by atoms with Crippen LogP contribution in [0.1, 0.15) is 38.4 Å². The second-order valence-corrected chi connectivity index (χ2v) is 7.71. The molecule has 1 heterocycles. The van der Waals surface area contributed by atoms with Gasteiger partial charge in [-0.1, -0.05) is 42.0 Å². The first-order valence-electron chi connectivity index (χ1n) is 9.99. The maximum Gasteiger partial charge on any atom is 0.340 e. The minimum absolute atomic E-state index is 0.237. The first-order chi connectivity index (χ1) is 14.3. The second-order valence-electron chi connectivity index (χ2n) is 7.71. The van der Waals surface area contributed by atoms with Crippen LogP contribution in [0, 0.1) is 27.7 Å². The standard InChI is InChI=1S/C25H28N2O3/c1-17-10-12-22(13-11-17)27-19(3)14-23(20(27)4)25(29)30-16-24(28)26(5)15-21-9-7-6-8-18(21)2/h6-14H,15-16H2,1-5H3. The number of esters is 1. The Labute approximate surface area is 177 Å². The highest BCUT2D eigenvalue weighted by molar-refractivity contribution is 5.93. The van der Waals surface area contributed by atoms with Gasteiger partial charge < -0.3 is 14.2 Å². The predicted molar refractivity (Wildman–Crippen MR) is 118 cm³/mol. The van der Waals surface area contributed by atoms with Crippen molar-refractivity contribution < 1.29 is 14.3 Å². The first-order valence-corrected chi connectivity index (χ1v) is 9.99. The summed E-state index contributed by atoms with van der Waals surface area (Å²) < 4.78 is 7.36. The van der Waals surface area contributed by atoms with E-state index in [1.165, 1.54) is 5.56 Å². The highest BCUT2D eigenvalue weighted by Gasteiger charge is 2.20. The molecule has 0 saturated heterocycles. The molecule has 5 nitrogen and oxygen atoms in total. The number of carbonyl (C=O) groups is 2. The van der Waals surface area contributed by atoms with Crippen molar-refractivity contribution >= 4 is 11.9 Å². The van der Waals surface area contributed by atoms with E-state index >= 15 is 0 Å². The molecular weight excluding hydrogens is 376 g/mol. The van der Waals surface area contributed by atoms with Gasteiger partial charge in [0.2, 0.25) is 0 Å². The largest absolute Gasteiger partial charge is 0.452 e. The number of carbonyl (C=O) groups excluding carboxylic acids is 2. The van der Waals surface area contributed by atoms with Crippen molar-refractivity contribution in [3.63, 3.8) is 0 Å². The summed E-state index contributed by atoms with van der Waals surface area (Å²) in [5.41, 5.74) is 6.56. The van der Waals surface area contributed by atoms with Gasteiger partial charge in [-0.2, -0.15) is 0 Å². The summed E-state index contributed by atoms with van der Waals surface area (Å²) in [4.78, 5) is 26.7. The zero-order valence-corrected chi connectivity index (χ0v) is 18.2. The molecular formula is C25H28N2O3. The molecule has 0 fully saturated rings. The molecule has 0 N–H and O–H groups in total. The maximum absolute atomic E-state index is 12.6. The van der Waals surface area contributed by atoms with Gasteiger partial charge in [0.25, 0.3) is 5.91 Å². The molecule has 30 heavy (non-hydrogen) atoms. The molecule has 156 valence electrons. The molecule has 0 radical (unpaired) electrons. The predicted octanol–water partition coefficient (Wildman–Crippen LogP) is 4.53. The van der Waals surface area contributed by atoms with E-state index in [0.717, 1.165) is 28.2 Å². The van der Waals surface area contributed by atoms with E-state index in [1.807, 2.05) is 80.8 Å². The van der Waals surface area contributed by atoms with Crippen molar-refractivity contribution in [3.8, 4) is 5.69 Å². The van der Waals surface area contributed by atoms with Crippen LogP contribution in [-0.2, 0) is 16.1 Å². The molecule has 0 saturated carbocycles. The highest BCUT2D eigenvalue weighted by Crippen LogP contribution is 2.22. The van der Waals surface area contributed by atoms with Crippen LogP contribution in [0.3, 0.4) is 0 Å². The normalized spacial score (nSPS) is 10.7. The molecule has 0 aliphatic carbocycles. The molecule has 0 spiro atoms. The molecule has 5 heteroatoms. The molecule has 1 aromatic heterocycles. The highest BCUT2D eigenvalue weighted by atomic mass is 16.5. The lowest BCUT2D eigenvalue weighted by Crippen LogP contribution is -2.31.